The fourth-order valence-electron chi connectivity index (χ4n) is 1.14. The topological polar surface area (TPSA) is 89.4 Å². The summed E-state index contributed by atoms with van der Waals surface area (Å²) in [5.41, 5.74) is 5.57. The zero-order valence-corrected chi connectivity index (χ0v) is 8.80. The molecule has 0 aliphatic heterocycles. The van der Waals surface area contributed by atoms with Crippen LogP contribution in [0, 0.1) is 0 Å². The Bertz CT molecular complexity index is 520. The summed E-state index contributed by atoms with van der Waals surface area (Å²) in [6.45, 7) is 0. The number of halogens is 1. The Morgan fingerprint density at radius 1 is 1.60 bits per heavy atom. The van der Waals surface area contributed by atoms with Crippen LogP contribution in [0.5, 0.6) is 0 Å². The summed E-state index contributed by atoms with van der Waals surface area (Å²) in [5.74, 6) is -1.21. The van der Waals surface area contributed by atoms with Gasteiger partial charge in [0.2, 0.25) is 11.6 Å². The molecule has 3 N–H and O–H groups in total. The largest absolute Gasteiger partial charge is 0.476 e. The molecule has 5 nitrogen and oxygen atoms in total. The lowest BCUT2D eigenvalue weighted by atomic mass is 10.2. The molecule has 2 aromatic rings. The molecule has 2 aromatic heterocycles. The van der Waals surface area contributed by atoms with Crippen LogP contribution >= 0.6 is 22.9 Å². The predicted molar refractivity (Wildman–Crippen MR) is 56.2 cm³/mol. The zero-order valence-electron chi connectivity index (χ0n) is 7.23. The second-order valence-electron chi connectivity index (χ2n) is 2.68. The molecule has 0 bridgehead atoms. The maximum Gasteiger partial charge on any atom is 0.358 e. The average Bonchev–Trinajstić information content (AvgIpc) is 2.71. The highest BCUT2D eigenvalue weighted by Gasteiger charge is 2.22. The molecular formula is C8H5ClN2O3S. The normalized spacial score (nSPS) is 10.5. The predicted octanol–water partition coefficient (Wildman–Crippen LogP) is 2.34. The Morgan fingerprint density at radius 2 is 2.33 bits per heavy atom. The first-order chi connectivity index (χ1) is 7.09. The van der Waals surface area contributed by atoms with Crippen molar-refractivity contribution in [1.82, 2.24) is 5.16 Å². The first-order valence-corrected chi connectivity index (χ1v) is 5.03. The smallest absolute Gasteiger partial charge is 0.358 e. The number of aromatic nitrogens is 1. The van der Waals surface area contributed by atoms with Gasteiger partial charge in [-0.25, -0.2) is 4.79 Å². The van der Waals surface area contributed by atoms with E-state index in [2.05, 4.69) is 9.68 Å². The number of anilines is 1. The molecule has 0 aromatic carbocycles. The lowest BCUT2D eigenvalue weighted by molar-refractivity contribution is 0.0686. The van der Waals surface area contributed by atoms with E-state index in [0.717, 1.165) is 0 Å². The maximum atomic E-state index is 10.8. The molecule has 0 saturated carbocycles. The second-order valence-corrected chi connectivity index (χ2v) is 4.39. The Balaban J connectivity index is 2.60. The van der Waals surface area contributed by atoms with E-state index in [-0.39, 0.29) is 17.1 Å². The van der Waals surface area contributed by atoms with E-state index >= 15 is 0 Å². The quantitative estimate of drug-likeness (QED) is 0.846. The van der Waals surface area contributed by atoms with Crippen molar-refractivity contribution in [3.05, 3.63) is 22.2 Å². The third-order valence-corrected chi connectivity index (χ3v) is 2.99. The minimum atomic E-state index is -1.19. The third kappa shape index (κ3) is 1.69. The van der Waals surface area contributed by atoms with Crippen molar-refractivity contribution < 1.29 is 14.4 Å². The van der Waals surface area contributed by atoms with Crippen LogP contribution in [0.3, 0.4) is 0 Å². The number of hydrogen-bond donors (Lipinski definition) is 2. The number of rotatable bonds is 2. The molecule has 0 atom stereocenters. The molecule has 0 radical (unpaired) electrons. The molecule has 0 unspecified atom stereocenters. The highest BCUT2D eigenvalue weighted by molar-refractivity contribution is 7.19. The minimum absolute atomic E-state index is 0.0223. The van der Waals surface area contributed by atoms with Gasteiger partial charge in [0.1, 0.15) is 0 Å². The number of carboxylic acids is 1. The number of thiophene rings is 1. The lowest BCUT2D eigenvalue weighted by Gasteiger charge is -1.93. The first kappa shape index (κ1) is 10.0. The summed E-state index contributed by atoms with van der Waals surface area (Å²) < 4.78 is 5.17. The molecule has 0 spiro atoms. The van der Waals surface area contributed by atoms with E-state index in [9.17, 15) is 4.79 Å². The summed E-state index contributed by atoms with van der Waals surface area (Å²) >= 11 is 6.95. The van der Waals surface area contributed by atoms with Crippen molar-refractivity contribution in [3.63, 3.8) is 0 Å². The molecule has 0 aliphatic carbocycles. The Morgan fingerprint density at radius 3 is 2.87 bits per heavy atom. The van der Waals surface area contributed by atoms with Gasteiger partial charge >= 0.3 is 5.97 Å². The maximum absolute atomic E-state index is 10.8. The number of nitrogen functional groups attached to an aromatic ring is 1. The first-order valence-electron chi connectivity index (χ1n) is 3.83. The van der Waals surface area contributed by atoms with Crippen LogP contribution < -0.4 is 5.73 Å². The van der Waals surface area contributed by atoms with Crippen molar-refractivity contribution in [2.45, 2.75) is 0 Å². The lowest BCUT2D eigenvalue weighted by Crippen LogP contribution is -1.98. The molecular weight excluding hydrogens is 240 g/mol. The molecule has 0 fully saturated rings. The monoisotopic (exact) mass is 244 g/mol. The van der Waals surface area contributed by atoms with Crippen LogP contribution in [0.15, 0.2) is 16.7 Å². The van der Waals surface area contributed by atoms with Gasteiger partial charge in [0.15, 0.2) is 0 Å². The number of nitrogens with two attached hydrogens (primary N) is 1. The van der Waals surface area contributed by atoms with E-state index in [1.165, 1.54) is 11.3 Å². The van der Waals surface area contributed by atoms with Gasteiger partial charge in [0.25, 0.3) is 0 Å². The molecule has 0 saturated heterocycles. The number of hydrogen-bond acceptors (Lipinski definition) is 5. The van der Waals surface area contributed by atoms with Crippen molar-refractivity contribution in [2.24, 2.45) is 0 Å². The van der Waals surface area contributed by atoms with Crippen LogP contribution in [-0.4, -0.2) is 16.2 Å². The van der Waals surface area contributed by atoms with Crippen molar-refractivity contribution in [2.75, 3.05) is 5.73 Å². The van der Waals surface area contributed by atoms with Crippen LogP contribution in [-0.2, 0) is 0 Å². The summed E-state index contributed by atoms with van der Waals surface area (Å²) in [6, 6.07) is 3.32. The van der Waals surface area contributed by atoms with Crippen molar-refractivity contribution in [3.8, 4) is 10.4 Å². The summed E-state index contributed by atoms with van der Waals surface area (Å²) in [6.07, 6.45) is 0. The van der Waals surface area contributed by atoms with E-state index in [1.54, 1.807) is 12.1 Å². The summed E-state index contributed by atoms with van der Waals surface area (Å²) in [4.78, 5) is 11.4. The average molecular weight is 245 g/mol. The van der Waals surface area contributed by atoms with Gasteiger partial charge in [-0.3, -0.25) is 0 Å². The van der Waals surface area contributed by atoms with Crippen LogP contribution in [0.1, 0.15) is 10.5 Å². The Kier molecular flexibility index (Phi) is 2.37. The second kappa shape index (κ2) is 3.56. The van der Waals surface area contributed by atoms with Gasteiger partial charge in [-0.1, -0.05) is 16.8 Å². The van der Waals surface area contributed by atoms with Gasteiger partial charge in [0.05, 0.1) is 9.90 Å². The fourth-order valence-corrected chi connectivity index (χ4v) is 2.23. The number of carbonyl (C=O) groups is 1. The zero-order chi connectivity index (χ0) is 11.0. The van der Waals surface area contributed by atoms with Gasteiger partial charge in [-0.2, -0.15) is 0 Å². The van der Waals surface area contributed by atoms with Gasteiger partial charge in [-0.05, 0) is 12.1 Å². The van der Waals surface area contributed by atoms with Crippen LogP contribution in [0.4, 0.5) is 5.88 Å². The molecule has 78 valence electrons. The standard InChI is InChI=1S/C8H5ClN2O3S/c9-4-2-1-3(15-4)5-6(8(12)13)11-14-7(5)10/h1-2H,10H2,(H,12,13). The molecule has 2 rings (SSSR count). The molecule has 0 amide bonds. The SMILES string of the molecule is Nc1onc(C(=O)O)c1-c1ccc(Cl)s1. The summed E-state index contributed by atoms with van der Waals surface area (Å²) in [7, 11) is 0. The van der Waals surface area contributed by atoms with E-state index in [4.69, 9.17) is 22.4 Å². The Hall–Kier alpha value is -1.53. The Labute approximate surface area is 93.1 Å². The number of carboxylic acid groups (broad SMARTS) is 1. The summed E-state index contributed by atoms with van der Waals surface area (Å²) in [5, 5.41) is 12.2. The van der Waals surface area contributed by atoms with Gasteiger partial charge in [-0.15, -0.1) is 11.3 Å². The number of aromatic carboxylic acids is 1. The number of nitrogens with zero attached hydrogens (tertiary/aromatic N) is 1. The molecule has 15 heavy (non-hydrogen) atoms. The highest BCUT2D eigenvalue weighted by atomic mass is 35.5. The van der Waals surface area contributed by atoms with E-state index in [0.29, 0.717) is 9.21 Å². The fraction of sp³-hybridized carbons (Fsp3) is 0. The molecule has 7 heteroatoms. The van der Waals surface area contributed by atoms with Crippen LogP contribution in [0.25, 0.3) is 10.4 Å². The highest BCUT2D eigenvalue weighted by Crippen LogP contribution is 2.36. The molecule has 0 aliphatic rings. The van der Waals surface area contributed by atoms with Gasteiger partial charge < -0.3 is 15.4 Å². The molecule has 2 heterocycles. The van der Waals surface area contributed by atoms with Gasteiger partial charge in [0, 0.05) is 4.88 Å². The third-order valence-electron chi connectivity index (χ3n) is 1.74. The van der Waals surface area contributed by atoms with Crippen molar-refractivity contribution in [1.29, 1.82) is 0 Å². The van der Waals surface area contributed by atoms with Crippen LogP contribution in [0.2, 0.25) is 4.34 Å². The van der Waals surface area contributed by atoms with Crippen molar-refractivity contribution >= 4 is 34.8 Å². The van der Waals surface area contributed by atoms with E-state index < -0.39 is 5.97 Å². The minimum Gasteiger partial charge on any atom is -0.476 e. The van der Waals surface area contributed by atoms with E-state index in [1.807, 2.05) is 0 Å².